The van der Waals surface area contributed by atoms with Gasteiger partial charge in [0.2, 0.25) is 0 Å². The molecule has 1 aliphatic heterocycles. The van der Waals surface area contributed by atoms with Gasteiger partial charge in [0, 0.05) is 14.4 Å². The number of carbonyl (C=O) groups excluding carboxylic acids is 1. The maximum absolute atomic E-state index is 11.6. The van der Waals surface area contributed by atoms with Gasteiger partial charge >= 0.3 is 5.97 Å². The molecule has 2 rings (SSSR count). The highest BCUT2D eigenvalue weighted by atomic mass is 32.3. The third-order valence-corrected chi connectivity index (χ3v) is 7.45. The molecular weight excluding hydrogens is 348 g/mol. The Bertz CT molecular complexity index is 547. The van der Waals surface area contributed by atoms with Crippen molar-refractivity contribution in [2.45, 2.75) is 20.8 Å². The first-order chi connectivity index (χ1) is 11.1. The predicted octanol–water partition coefficient (Wildman–Crippen LogP) is 5.08. The molecule has 0 aliphatic carbocycles. The molecule has 0 amide bonds. The third-order valence-electron chi connectivity index (χ3n) is 3.33. The van der Waals surface area contributed by atoms with Crippen LogP contribution < -0.4 is 4.74 Å². The van der Waals surface area contributed by atoms with Gasteiger partial charge in [0.1, 0.15) is 12.4 Å². The Balaban J connectivity index is 1.93. The molecule has 3 nitrogen and oxygen atoms in total. The molecule has 0 N–H and O–H groups in total. The molecule has 1 saturated heterocycles. The molecule has 0 saturated carbocycles. The lowest BCUT2D eigenvalue weighted by Gasteiger charge is -2.16. The Morgan fingerprint density at radius 3 is 2.48 bits per heavy atom. The van der Waals surface area contributed by atoms with Crippen molar-refractivity contribution in [2.75, 3.05) is 23.4 Å². The molecule has 6 heteroatoms. The zero-order valence-electron chi connectivity index (χ0n) is 13.7. The molecular formula is C17H22O3S3. The largest absolute Gasteiger partial charge is 0.493 e. The molecule has 1 atom stereocenters. The van der Waals surface area contributed by atoms with E-state index in [0.717, 1.165) is 15.9 Å². The molecule has 1 fully saturated rings. The van der Waals surface area contributed by atoms with E-state index in [2.05, 4.69) is 19.1 Å². The molecule has 0 aromatic heterocycles. The number of esters is 1. The summed E-state index contributed by atoms with van der Waals surface area (Å²) in [6.07, 6.45) is 0. The maximum atomic E-state index is 11.6. The highest BCUT2D eigenvalue weighted by Gasteiger charge is 2.15. The number of allylic oxidation sites excluding steroid dienone is 1. The standard InChI is InChI=1S/C17H22O3S3/c1-4-19-16(18)12(2)9-20-15-7-5-14(6-8-15)13(3)17-22-10-21-11-23-17/h5-8,12H,4,9-11H2,1-3H3. The number of ether oxygens (including phenoxy) is 2. The Hall–Kier alpha value is -0.720. The van der Waals surface area contributed by atoms with Crippen molar-refractivity contribution in [3.8, 4) is 5.75 Å². The smallest absolute Gasteiger partial charge is 0.312 e. The molecule has 0 bridgehead atoms. The summed E-state index contributed by atoms with van der Waals surface area (Å²) in [7, 11) is 0. The minimum Gasteiger partial charge on any atom is -0.493 e. The van der Waals surface area contributed by atoms with E-state index in [1.165, 1.54) is 15.4 Å². The lowest BCUT2D eigenvalue weighted by molar-refractivity contribution is -0.148. The average Bonchev–Trinajstić information content (AvgIpc) is 2.60. The topological polar surface area (TPSA) is 35.5 Å². The van der Waals surface area contributed by atoms with Crippen LogP contribution in [0.25, 0.3) is 5.57 Å². The van der Waals surface area contributed by atoms with Crippen LogP contribution in [0.5, 0.6) is 5.75 Å². The zero-order chi connectivity index (χ0) is 16.7. The van der Waals surface area contributed by atoms with Gasteiger partial charge in [-0.1, -0.05) is 12.1 Å². The molecule has 1 aromatic rings. The van der Waals surface area contributed by atoms with Crippen molar-refractivity contribution in [3.05, 3.63) is 34.1 Å². The van der Waals surface area contributed by atoms with Gasteiger partial charge in [-0.05, 0) is 44.0 Å². The van der Waals surface area contributed by atoms with Crippen LogP contribution in [0.3, 0.4) is 0 Å². The van der Waals surface area contributed by atoms with Crippen molar-refractivity contribution < 1.29 is 14.3 Å². The summed E-state index contributed by atoms with van der Waals surface area (Å²) in [5.41, 5.74) is 2.55. The van der Waals surface area contributed by atoms with Gasteiger partial charge in [-0.2, -0.15) is 0 Å². The quantitative estimate of drug-likeness (QED) is 0.650. The Labute approximate surface area is 151 Å². The summed E-state index contributed by atoms with van der Waals surface area (Å²) < 4.78 is 12.1. The lowest BCUT2D eigenvalue weighted by atomic mass is 10.1. The zero-order valence-corrected chi connectivity index (χ0v) is 16.1. The van der Waals surface area contributed by atoms with Crippen LogP contribution in [-0.4, -0.2) is 29.4 Å². The molecule has 0 spiro atoms. The molecule has 0 radical (unpaired) electrons. The van der Waals surface area contributed by atoms with Crippen molar-refractivity contribution >= 4 is 46.8 Å². The molecule has 126 valence electrons. The number of hydrogen-bond donors (Lipinski definition) is 0. The predicted molar refractivity (Wildman–Crippen MR) is 103 cm³/mol. The molecule has 1 unspecified atom stereocenters. The van der Waals surface area contributed by atoms with Gasteiger partial charge in [-0.3, -0.25) is 4.79 Å². The first kappa shape index (κ1) is 18.6. The van der Waals surface area contributed by atoms with E-state index in [4.69, 9.17) is 9.47 Å². The minimum atomic E-state index is -0.258. The van der Waals surface area contributed by atoms with E-state index < -0.39 is 0 Å². The van der Waals surface area contributed by atoms with Gasteiger partial charge in [0.15, 0.2) is 0 Å². The van der Waals surface area contributed by atoms with Crippen LogP contribution in [0.2, 0.25) is 0 Å². The summed E-state index contributed by atoms with van der Waals surface area (Å²) in [6.45, 7) is 6.53. The highest BCUT2D eigenvalue weighted by molar-refractivity contribution is 8.36. The number of thioether (sulfide) groups is 3. The second-order valence-electron chi connectivity index (χ2n) is 5.13. The number of rotatable bonds is 6. The maximum Gasteiger partial charge on any atom is 0.312 e. The summed E-state index contributed by atoms with van der Waals surface area (Å²) >= 11 is 5.79. The Morgan fingerprint density at radius 1 is 1.22 bits per heavy atom. The van der Waals surface area contributed by atoms with Gasteiger partial charge < -0.3 is 9.47 Å². The Kier molecular flexibility index (Phi) is 7.73. The summed E-state index contributed by atoms with van der Waals surface area (Å²) in [6, 6.07) is 8.08. The molecule has 1 aromatic carbocycles. The van der Waals surface area contributed by atoms with E-state index in [9.17, 15) is 4.79 Å². The van der Waals surface area contributed by atoms with Crippen LogP contribution in [0, 0.1) is 5.92 Å². The van der Waals surface area contributed by atoms with Crippen molar-refractivity contribution in [3.63, 3.8) is 0 Å². The second kappa shape index (κ2) is 9.55. The highest BCUT2D eigenvalue weighted by Crippen LogP contribution is 2.43. The van der Waals surface area contributed by atoms with Crippen LogP contribution in [0.1, 0.15) is 26.3 Å². The fourth-order valence-corrected chi connectivity index (χ4v) is 6.25. The summed E-state index contributed by atoms with van der Waals surface area (Å²) in [5, 5.41) is 2.26. The van der Waals surface area contributed by atoms with Gasteiger partial charge in [0.25, 0.3) is 0 Å². The number of benzene rings is 1. The fourth-order valence-electron chi connectivity index (χ4n) is 1.98. The van der Waals surface area contributed by atoms with Gasteiger partial charge in [-0.15, -0.1) is 35.3 Å². The Morgan fingerprint density at radius 2 is 1.87 bits per heavy atom. The molecule has 1 aliphatic rings. The van der Waals surface area contributed by atoms with Crippen LogP contribution in [-0.2, 0) is 9.53 Å². The van der Waals surface area contributed by atoms with Gasteiger partial charge in [0.05, 0.1) is 12.5 Å². The first-order valence-corrected chi connectivity index (χ1v) is 10.7. The van der Waals surface area contributed by atoms with Crippen LogP contribution in [0.4, 0.5) is 0 Å². The number of carbonyl (C=O) groups is 1. The monoisotopic (exact) mass is 370 g/mol. The van der Waals surface area contributed by atoms with E-state index in [0.29, 0.717) is 13.2 Å². The summed E-state index contributed by atoms with van der Waals surface area (Å²) in [4.78, 5) is 11.6. The lowest BCUT2D eigenvalue weighted by Crippen LogP contribution is -2.21. The molecule has 23 heavy (non-hydrogen) atoms. The van der Waals surface area contributed by atoms with Crippen molar-refractivity contribution in [2.24, 2.45) is 5.92 Å². The molecule has 1 heterocycles. The van der Waals surface area contributed by atoms with E-state index in [-0.39, 0.29) is 11.9 Å². The van der Waals surface area contributed by atoms with Crippen LogP contribution >= 0.6 is 35.3 Å². The summed E-state index contributed by atoms with van der Waals surface area (Å²) in [5.74, 6) is 0.308. The normalized spacial score (nSPS) is 15.9. The second-order valence-corrected chi connectivity index (χ2v) is 9.08. The van der Waals surface area contributed by atoms with E-state index in [1.807, 2.05) is 61.3 Å². The van der Waals surface area contributed by atoms with Crippen molar-refractivity contribution in [1.29, 1.82) is 0 Å². The SMILES string of the molecule is CCOC(=O)C(C)COc1ccc(C(C)=C2SCSCS2)cc1. The first-order valence-electron chi connectivity index (χ1n) is 7.56. The number of hydrogen-bond acceptors (Lipinski definition) is 6. The van der Waals surface area contributed by atoms with Crippen molar-refractivity contribution in [1.82, 2.24) is 0 Å². The average molecular weight is 371 g/mol. The van der Waals surface area contributed by atoms with E-state index >= 15 is 0 Å². The van der Waals surface area contributed by atoms with Crippen LogP contribution in [0.15, 0.2) is 28.5 Å². The minimum absolute atomic E-state index is 0.214. The fraction of sp³-hybridized carbons (Fsp3) is 0.471. The van der Waals surface area contributed by atoms with Gasteiger partial charge in [-0.25, -0.2) is 0 Å². The van der Waals surface area contributed by atoms with E-state index in [1.54, 1.807) is 0 Å². The third kappa shape index (κ3) is 5.69.